The van der Waals surface area contributed by atoms with E-state index in [2.05, 4.69) is 30.4 Å². The van der Waals surface area contributed by atoms with Crippen molar-refractivity contribution in [3.8, 4) is 5.75 Å². The van der Waals surface area contributed by atoms with Crippen LogP contribution in [-0.4, -0.2) is 45.4 Å². The first-order valence-electron chi connectivity index (χ1n) is 7.70. The SMILES string of the molecule is CCSCCC(CNCCOC)Cc1cccc(OC)c1. The molecule has 1 unspecified atom stereocenters. The predicted molar refractivity (Wildman–Crippen MR) is 92.5 cm³/mol. The van der Waals surface area contributed by atoms with Crippen molar-refractivity contribution < 1.29 is 9.47 Å². The van der Waals surface area contributed by atoms with Crippen molar-refractivity contribution in [1.82, 2.24) is 5.32 Å². The zero-order valence-corrected chi connectivity index (χ0v) is 14.4. The quantitative estimate of drug-likeness (QED) is 0.600. The molecule has 0 aliphatic carbocycles. The number of nitrogens with one attached hydrogen (secondary N) is 1. The van der Waals surface area contributed by atoms with Gasteiger partial charge in [-0.15, -0.1) is 0 Å². The van der Waals surface area contributed by atoms with Crippen LogP contribution < -0.4 is 10.1 Å². The number of thioether (sulfide) groups is 1. The molecule has 21 heavy (non-hydrogen) atoms. The van der Waals surface area contributed by atoms with Gasteiger partial charge >= 0.3 is 0 Å². The number of ether oxygens (including phenoxy) is 2. The summed E-state index contributed by atoms with van der Waals surface area (Å²) in [6.07, 6.45) is 2.34. The van der Waals surface area contributed by atoms with Gasteiger partial charge in [-0.1, -0.05) is 19.1 Å². The van der Waals surface area contributed by atoms with E-state index in [9.17, 15) is 0 Å². The molecule has 3 nitrogen and oxygen atoms in total. The van der Waals surface area contributed by atoms with E-state index >= 15 is 0 Å². The summed E-state index contributed by atoms with van der Waals surface area (Å²) in [6.45, 7) is 4.96. The third-order valence-corrected chi connectivity index (χ3v) is 4.38. The molecule has 120 valence electrons. The fraction of sp³-hybridized carbons (Fsp3) is 0.647. The van der Waals surface area contributed by atoms with Gasteiger partial charge in [0, 0.05) is 13.7 Å². The van der Waals surface area contributed by atoms with Crippen LogP contribution >= 0.6 is 11.8 Å². The van der Waals surface area contributed by atoms with Crippen molar-refractivity contribution in [3.05, 3.63) is 29.8 Å². The Balaban J connectivity index is 2.48. The molecule has 0 aromatic heterocycles. The molecule has 1 aromatic carbocycles. The second-order valence-electron chi connectivity index (χ2n) is 5.10. The van der Waals surface area contributed by atoms with Crippen molar-refractivity contribution in [3.63, 3.8) is 0 Å². The molecule has 1 aromatic rings. The third kappa shape index (κ3) is 8.34. The number of rotatable bonds is 12. The molecule has 1 atom stereocenters. The average molecular weight is 311 g/mol. The maximum absolute atomic E-state index is 5.31. The lowest BCUT2D eigenvalue weighted by atomic mass is 9.96. The molecule has 0 saturated carbocycles. The molecule has 0 radical (unpaired) electrons. The Hall–Kier alpha value is -0.710. The van der Waals surface area contributed by atoms with Crippen LogP contribution in [-0.2, 0) is 11.2 Å². The minimum absolute atomic E-state index is 0.660. The van der Waals surface area contributed by atoms with Crippen LogP contribution in [0, 0.1) is 5.92 Å². The Morgan fingerprint density at radius 2 is 2.14 bits per heavy atom. The summed E-state index contributed by atoms with van der Waals surface area (Å²) in [4.78, 5) is 0. The highest BCUT2D eigenvalue weighted by molar-refractivity contribution is 7.99. The maximum Gasteiger partial charge on any atom is 0.119 e. The largest absolute Gasteiger partial charge is 0.497 e. The van der Waals surface area contributed by atoms with Gasteiger partial charge in [0.1, 0.15) is 5.75 Å². The average Bonchev–Trinajstić information content (AvgIpc) is 2.51. The molecule has 1 N–H and O–H groups in total. The van der Waals surface area contributed by atoms with Gasteiger partial charge in [0.05, 0.1) is 13.7 Å². The minimum atomic E-state index is 0.660. The molecule has 0 fully saturated rings. The summed E-state index contributed by atoms with van der Waals surface area (Å²) in [7, 11) is 3.47. The van der Waals surface area contributed by atoms with Crippen LogP contribution in [0.4, 0.5) is 0 Å². The monoisotopic (exact) mass is 311 g/mol. The molecular weight excluding hydrogens is 282 g/mol. The summed E-state index contributed by atoms with van der Waals surface area (Å²) >= 11 is 2.02. The summed E-state index contributed by atoms with van der Waals surface area (Å²) in [6, 6.07) is 8.42. The highest BCUT2D eigenvalue weighted by Crippen LogP contribution is 2.19. The van der Waals surface area contributed by atoms with E-state index in [0.717, 1.165) is 31.9 Å². The number of methoxy groups -OCH3 is 2. The van der Waals surface area contributed by atoms with E-state index in [1.54, 1.807) is 14.2 Å². The summed E-state index contributed by atoms with van der Waals surface area (Å²) in [5.41, 5.74) is 1.36. The van der Waals surface area contributed by atoms with Gasteiger partial charge in [-0.3, -0.25) is 0 Å². The van der Waals surface area contributed by atoms with Crippen molar-refractivity contribution in [1.29, 1.82) is 0 Å². The van der Waals surface area contributed by atoms with E-state index in [0.29, 0.717) is 5.92 Å². The first-order chi connectivity index (χ1) is 10.3. The second kappa shape index (κ2) is 11.9. The van der Waals surface area contributed by atoms with Gasteiger partial charge in [0.25, 0.3) is 0 Å². The minimum Gasteiger partial charge on any atom is -0.497 e. The first kappa shape index (κ1) is 18.3. The highest BCUT2D eigenvalue weighted by Gasteiger charge is 2.10. The van der Waals surface area contributed by atoms with Crippen molar-refractivity contribution in [2.45, 2.75) is 19.8 Å². The lowest BCUT2D eigenvalue weighted by molar-refractivity contribution is 0.197. The summed E-state index contributed by atoms with van der Waals surface area (Å²) < 4.78 is 10.4. The van der Waals surface area contributed by atoms with Gasteiger partial charge in [-0.2, -0.15) is 11.8 Å². The zero-order chi connectivity index (χ0) is 15.3. The zero-order valence-electron chi connectivity index (χ0n) is 13.6. The molecule has 4 heteroatoms. The summed E-state index contributed by atoms with van der Waals surface area (Å²) in [5.74, 6) is 4.04. The maximum atomic E-state index is 5.31. The summed E-state index contributed by atoms with van der Waals surface area (Å²) in [5, 5.41) is 3.50. The molecule has 1 rings (SSSR count). The molecule has 0 aliphatic rings. The van der Waals surface area contributed by atoms with Crippen molar-refractivity contribution in [2.24, 2.45) is 5.92 Å². The number of hydrogen-bond donors (Lipinski definition) is 1. The van der Waals surface area contributed by atoms with Crippen LogP contribution in [0.1, 0.15) is 18.9 Å². The fourth-order valence-corrected chi connectivity index (χ4v) is 3.07. The van der Waals surface area contributed by atoms with Gasteiger partial charge in [-0.05, 0) is 54.5 Å². The van der Waals surface area contributed by atoms with Gasteiger partial charge in [0.15, 0.2) is 0 Å². The van der Waals surface area contributed by atoms with E-state index in [1.165, 1.54) is 23.5 Å². The smallest absolute Gasteiger partial charge is 0.119 e. The Labute approximate surface area is 133 Å². The Kier molecular flexibility index (Phi) is 10.4. The topological polar surface area (TPSA) is 30.5 Å². The highest BCUT2D eigenvalue weighted by atomic mass is 32.2. The van der Waals surface area contributed by atoms with E-state index < -0.39 is 0 Å². The lowest BCUT2D eigenvalue weighted by Crippen LogP contribution is -2.27. The van der Waals surface area contributed by atoms with E-state index in [1.807, 2.05) is 17.8 Å². The third-order valence-electron chi connectivity index (χ3n) is 3.45. The molecule has 0 spiro atoms. The predicted octanol–water partition coefficient (Wildman–Crippen LogP) is 3.23. The van der Waals surface area contributed by atoms with Gasteiger partial charge in [-0.25, -0.2) is 0 Å². The first-order valence-corrected chi connectivity index (χ1v) is 8.86. The fourth-order valence-electron chi connectivity index (χ4n) is 2.28. The lowest BCUT2D eigenvalue weighted by Gasteiger charge is -2.18. The van der Waals surface area contributed by atoms with Crippen LogP contribution in [0.25, 0.3) is 0 Å². The molecular formula is C17H29NO2S. The van der Waals surface area contributed by atoms with Crippen LogP contribution in [0.5, 0.6) is 5.75 Å². The van der Waals surface area contributed by atoms with E-state index in [-0.39, 0.29) is 0 Å². The van der Waals surface area contributed by atoms with Crippen molar-refractivity contribution in [2.75, 3.05) is 45.4 Å². The normalized spacial score (nSPS) is 12.3. The van der Waals surface area contributed by atoms with E-state index in [4.69, 9.17) is 9.47 Å². The Morgan fingerprint density at radius 3 is 2.86 bits per heavy atom. The number of hydrogen-bond acceptors (Lipinski definition) is 4. The Morgan fingerprint density at radius 1 is 1.29 bits per heavy atom. The Bertz CT molecular complexity index is 374. The van der Waals surface area contributed by atoms with Gasteiger partial charge < -0.3 is 14.8 Å². The molecule has 0 heterocycles. The number of benzene rings is 1. The van der Waals surface area contributed by atoms with Crippen molar-refractivity contribution >= 4 is 11.8 Å². The molecule has 0 aliphatic heterocycles. The molecule has 0 bridgehead atoms. The molecule has 0 amide bonds. The van der Waals surface area contributed by atoms with Crippen LogP contribution in [0.3, 0.4) is 0 Å². The van der Waals surface area contributed by atoms with Gasteiger partial charge in [0.2, 0.25) is 0 Å². The molecule has 0 saturated heterocycles. The van der Waals surface area contributed by atoms with Crippen LogP contribution in [0.15, 0.2) is 24.3 Å². The van der Waals surface area contributed by atoms with Crippen LogP contribution in [0.2, 0.25) is 0 Å². The standard InChI is InChI=1S/C17H29NO2S/c1-4-21-11-8-16(14-18-9-10-19-2)12-15-6-5-7-17(13-15)20-3/h5-7,13,16,18H,4,8-12,14H2,1-3H3. The second-order valence-corrected chi connectivity index (χ2v) is 6.50.